The molecule has 0 aromatic heterocycles. The number of carbonyl (C=O) groups is 1. The van der Waals surface area contributed by atoms with Gasteiger partial charge in [0.15, 0.2) is 0 Å². The van der Waals surface area contributed by atoms with E-state index in [1.807, 2.05) is 0 Å². The summed E-state index contributed by atoms with van der Waals surface area (Å²) in [6, 6.07) is -0.241. The number of methoxy groups -OCH3 is 1. The molecule has 1 unspecified atom stereocenters. The van der Waals surface area contributed by atoms with E-state index < -0.39 is 0 Å². The molecule has 1 rings (SSSR count). The molecule has 0 saturated carbocycles. The molecule has 2 atom stereocenters. The van der Waals surface area contributed by atoms with Crippen LogP contribution in [0.4, 0.5) is 0 Å². The Morgan fingerprint density at radius 1 is 1.77 bits per heavy atom. The average molecular weight is 187 g/mol. The SMILES string of the molecule is COC(=O)[C@H](C)NCC1CCCO1. The van der Waals surface area contributed by atoms with Crippen LogP contribution < -0.4 is 5.32 Å². The number of hydrogen-bond donors (Lipinski definition) is 1. The van der Waals surface area contributed by atoms with E-state index in [0.29, 0.717) is 0 Å². The van der Waals surface area contributed by atoms with Crippen molar-refractivity contribution in [3.63, 3.8) is 0 Å². The van der Waals surface area contributed by atoms with Crippen LogP contribution in [0.15, 0.2) is 0 Å². The first kappa shape index (κ1) is 10.5. The van der Waals surface area contributed by atoms with Gasteiger partial charge in [-0.15, -0.1) is 0 Å². The van der Waals surface area contributed by atoms with Gasteiger partial charge < -0.3 is 14.8 Å². The number of rotatable bonds is 4. The molecule has 0 radical (unpaired) electrons. The number of carbonyl (C=O) groups excluding carboxylic acids is 1. The molecule has 76 valence electrons. The summed E-state index contributed by atoms with van der Waals surface area (Å²) in [4.78, 5) is 11.0. The van der Waals surface area contributed by atoms with E-state index in [1.165, 1.54) is 7.11 Å². The molecule has 0 aromatic rings. The smallest absolute Gasteiger partial charge is 0.322 e. The Bertz CT molecular complexity index is 166. The highest BCUT2D eigenvalue weighted by Crippen LogP contribution is 2.10. The Labute approximate surface area is 78.6 Å². The predicted octanol–water partition coefficient (Wildman–Crippen LogP) is 0.316. The van der Waals surface area contributed by atoms with Gasteiger partial charge in [-0.25, -0.2) is 0 Å². The summed E-state index contributed by atoms with van der Waals surface area (Å²) in [6.07, 6.45) is 2.48. The third kappa shape index (κ3) is 3.32. The summed E-state index contributed by atoms with van der Waals surface area (Å²) in [5, 5.41) is 3.08. The summed E-state index contributed by atoms with van der Waals surface area (Å²) in [6.45, 7) is 3.37. The number of ether oxygens (including phenoxy) is 2. The van der Waals surface area contributed by atoms with E-state index in [9.17, 15) is 4.79 Å². The molecule has 1 aliphatic heterocycles. The van der Waals surface area contributed by atoms with Gasteiger partial charge in [0.1, 0.15) is 6.04 Å². The second-order valence-corrected chi connectivity index (χ2v) is 3.29. The molecule has 1 fully saturated rings. The van der Waals surface area contributed by atoms with Gasteiger partial charge in [0.25, 0.3) is 0 Å². The Hall–Kier alpha value is -0.610. The summed E-state index contributed by atoms with van der Waals surface area (Å²) in [5.41, 5.74) is 0. The molecule has 1 heterocycles. The van der Waals surface area contributed by atoms with Crippen LogP contribution in [0.3, 0.4) is 0 Å². The van der Waals surface area contributed by atoms with Crippen molar-refractivity contribution < 1.29 is 14.3 Å². The van der Waals surface area contributed by atoms with Crippen LogP contribution in [0.5, 0.6) is 0 Å². The molecular weight excluding hydrogens is 170 g/mol. The van der Waals surface area contributed by atoms with E-state index in [0.717, 1.165) is 26.0 Å². The monoisotopic (exact) mass is 187 g/mol. The van der Waals surface area contributed by atoms with E-state index in [4.69, 9.17) is 4.74 Å². The highest BCUT2D eigenvalue weighted by molar-refractivity contribution is 5.75. The van der Waals surface area contributed by atoms with Gasteiger partial charge in [0.2, 0.25) is 0 Å². The van der Waals surface area contributed by atoms with Crippen LogP contribution in [0.25, 0.3) is 0 Å². The van der Waals surface area contributed by atoms with E-state index in [-0.39, 0.29) is 18.1 Å². The lowest BCUT2D eigenvalue weighted by Crippen LogP contribution is -2.39. The predicted molar refractivity (Wildman–Crippen MR) is 48.5 cm³/mol. The second kappa shape index (κ2) is 5.19. The van der Waals surface area contributed by atoms with Crippen molar-refractivity contribution in [2.75, 3.05) is 20.3 Å². The molecular formula is C9H17NO3. The maximum absolute atomic E-state index is 11.0. The van der Waals surface area contributed by atoms with Gasteiger partial charge >= 0.3 is 5.97 Å². The number of esters is 1. The van der Waals surface area contributed by atoms with Crippen molar-refractivity contribution in [3.8, 4) is 0 Å². The van der Waals surface area contributed by atoms with Gasteiger partial charge in [0, 0.05) is 13.2 Å². The fourth-order valence-electron chi connectivity index (χ4n) is 1.37. The average Bonchev–Trinajstić information content (AvgIpc) is 2.65. The van der Waals surface area contributed by atoms with E-state index in [2.05, 4.69) is 10.1 Å². The van der Waals surface area contributed by atoms with Crippen molar-refractivity contribution in [2.45, 2.75) is 31.9 Å². The summed E-state index contributed by atoms with van der Waals surface area (Å²) in [7, 11) is 1.40. The largest absolute Gasteiger partial charge is 0.468 e. The van der Waals surface area contributed by atoms with Crippen LogP contribution in [0.2, 0.25) is 0 Å². The standard InChI is InChI=1S/C9H17NO3/c1-7(9(11)12-2)10-6-8-4-3-5-13-8/h7-8,10H,3-6H2,1-2H3/t7-,8?/m0/s1. The Balaban J connectivity index is 2.13. The third-order valence-corrected chi connectivity index (χ3v) is 2.23. The topological polar surface area (TPSA) is 47.6 Å². The summed E-state index contributed by atoms with van der Waals surface area (Å²) in [5.74, 6) is -0.224. The maximum Gasteiger partial charge on any atom is 0.322 e. The van der Waals surface area contributed by atoms with E-state index >= 15 is 0 Å². The van der Waals surface area contributed by atoms with Crippen molar-refractivity contribution in [2.24, 2.45) is 0 Å². The zero-order valence-corrected chi connectivity index (χ0v) is 8.21. The normalized spacial score (nSPS) is 24.3. The first-order chi connectivity index (χ1) is 6.24. The minimum Gasteiger partial charge on any atom is -0.468 e. The van der Waals surface area contributed by atoms with Gasteiger partial charge in [0.05, 0.1) is 13.2 Å². The van der Waals surface area contributed by atoms with Crippen molar-refractivity contribution >= 4 is 5.97 Å². The molecule has 13 heavy (non-hydrogen) atoms. The molecule has 4 heteroatoms. The number of nitrogens with one attached hydrogen (secondary N) is 1. The van der Waals surface area contributed by atoms with Crippen LogP contribution in [-0.2, 0) is 14.3 Å². The fourth-order valence-corrected chi connectivity index (χ4v) is 1.37. The molecule has 0 aliphatic carbocycles. The molecule has 4 nitrogen and oxygen atoms in total. The molecule has 1 saturated heterocycles. The van der Waals surface area contributed by atoms with Crippen molar-refractivity contribution in [1.82, 2.24) is 5.32 Å². The molecule has 0 amide bonds. The fraction of sp³-hybridized carbons (Fsp3) is 0.889. The quantitative estimate of drug-likeness (QED) is 0.644. The highest BCUT2D eigenvalue weighted by Gasteiger charge is 2.18. The first-order valence-corrected chi connectivity index (χ1v) is 4.67. The lowest BCUT2D eigenvalue weighted by atomic mass is 10.2. The molecule has 1 N–H and O–H groups in total. The summed E-state index contributed by atoms with van der Waals surface area (Å²) < 4.78 is 9.99. The van der Waals surface area contributed by atoms with Gasteiger partial charge in [-0.2, -0.15) is 0 Å². The Kier molecular flexibility index (Phi) is 4.18. The minimum absolute atomic E-state index is 0.224. The van der Waals surface area contributed by atoms with Gasteiger partial charge in [-0.05, 0) is 19.8 Å². The zero-order chi connectivity index (χ0) is 9.68. The van der Waals surface area contributed by atoms with Crippen LogP contribution in [-0.4, -0.2) is 38.4 Å². The van der Waals surface area contributed by atoms with E-state index in [1.54, 1.807) is 6.92 Å². The minimum atomic E-state index is -0.241. The van der Waals surface area contributed by atoms with Crippen molar-refractivity contribution in [1.29, 1.82) is 0 Å². The third-order valence-electron chi connectivity index (χ3n) is 2.23. The molecule has 0 bridgehead atoms. The lowest BCUT2D eigenvalue weighted by Gasteiger charge is -2.14. The summed E-state index contributed by atoms with van der Waals surface area (Å²) >= 11 is 0. The van der Waals surface area contributed by atoms with Crippen LogP contribution >= 0.6 is 0 Å². The van der Waals surface area contributed by atoms with Crippen LogP contribution in [0.1, 0.15) is 19.8 Å². The van der Waals surface area contributed by atoms with Crippen molar-refractivity contribution in [3.05, 3.63) is 0 Å². The Morgan fingerprint density at radius 3 is 3.08 bits per heavy atom. The van der Waals surface area contributed by atoms with Crippen LogP contribution in [0, 0.1) is 0 Å². The first-order valence-electron chi connectivity index (χ1n) is 4.67. The van der Waals surface area contributed by atoms with Gasteiger partial charge in [-0.3, -0.25) is 4.79 Å². The Morgan fingerprint density at radius 2 is 2.54 bits per heavy atom. The second-order valence-electron chi connectivity index (χ2n) is 3.29. The lowest BCUT2D eigenvalue weighted by molar-refractivity contribution is -0.142. The number of hydrogen-bond acceptors (Lipinski definition) is 4. The molecule has 1 aliphatic rings. The maximum atomic E-state index is 11.0. The highest BCUT2D eigenvalue weighted by atomic mass is 16.5. The molecule has 0 spiro atoms. The zero-order valence-electron chi connectivity index (χ0n) is 8.21. The van der Waals surface area contributed by atoms with Gasteiger partial charge in [-0.1, -0.05) is 0 Å². The molecule has 0 aromatic carbocycles.